The van der Waals surface area contributed by atoms with E-state index in [-0.39, 0.29) is 0 Å². The average Bonchev–Trinajstić information content (AvgIpc) is 2.61. The van der Waals surface area contributed by atoms with Crippen LogP contribution in [0.4, 0.5) is 0 Å². The molecule has 0 amide bonds. The second-order valence-corrected chi connectivity index (χ2v) is 6.02. The molecule has 0 radical (unpaired) electrons. The lowest BCUT2D eigenvalue weighted by Crippen LogP contribution is -2.01. The lowest BCUT2D eigenvalue weighted by molar-refractivity contribution is 1.54. The molecule has 3 aromatic carbocycles. The van der Waals surface area contributed by atoms with E-state index in [2.05, 4.69) is 72.8 Å². The van der Waals surface area contributed by atoms with Crippen molar-refractivity contribution in [3.63, 3.8) is 0 Å². The van der Waals surface area contributed by atoms with Gasteiger partial charge in [0.05, 0.1) is 0 Å². The fourth-order valence-electron chi connectivity index (χ4n) is 2.79. The van der Waals surface area contributed by atoms with Crippen LogP contribution in [0.25, 0.3) is 11.1 Å². The number of hydrogen-bond acceptors (Lipinski definition) is 1. The van der Waals surface area contributed by atoms with Crippen molar-refractivity contribution in [2.75, 3.05) is 0 Å². The predicted molar refractivity (Wildman–Crippen MR) is 104 cm³/mol. The number of benzene rings is 3. The zero-order valence-corrected chi connectivity index (χ0v) is 13.9. The molecule has 3 rings (SSSR count). The Morgan fingerprint density at radius 1 is 0.565 bits per heavy atom. The standard InChI is InChI=1S/C22H18S/c1-17(23)21(18-11-5-2-6-12-18)22(19-13-7-3-8-14-19)20-15-9-4-10-16-20/h2-16H,1H3. The van der Waals surface area contributed by atoms with Gasteiger partial charge in [0.2, 0.25) is 0 Å². The van der Waals surface area contributed by atoms with Gasteiger partial charge < -0.3 is 0 Å². The van der Waals surface area contributed by atoms with Crippen LogP contribution in [0.2, 0.25) is 0 Å². The molecule has 0 unspecified atom stereocenters. The molecule has 0 aliphatic rings. The van der Waals surface area contributed by atoms with E-state index in [9.17, 15) is 0 Å². The minimum absolute atomic E-state index is 0.902. The van der Waals surface area contributed by atoms with E-state index >= 15 is 0 Å². The molecule has 0 saturated carbocycles. The van der Waals surface area contributed by atoms with Crippen molar-refractivity contribution in [2.45, 2.75) is 6.92 Å². The average molecular weight is 314 g/mol. The van der Waals surface area contributed by atoms with Gasteiger partial charge in [-0.05, 0) is 29.2 Å². The van der Waals surface area contributed by atoms with Crippen molar-refractivity contribution >= 4 is 28.2 Å². The molecule has 0 N–H and O–H groups in total. The maximum absolute atomic E-state index is 5.62. The van der Waals surface area contributed by atoms with Gasteiger partial charge in [0.15, 0.2) is 0 Å². The molecular formula is C22H18S. The highest BCUT2D eigenvalue weighted by molar-refractivity contribution is 7.81. The van der Waals surface area contributed by atoms with Gasteiger partial charge in [0, 0.05) is 10.4 Å². The highest BCUT2D eigenvalue weighted by Crippen LogP contribution is 2.33. The maximum Gasteiger partial charge on any atom is 0.0206 e. The number of hydrogen-bond donors (Lipinski definition) is 0. The Kier molecular flexibility index (Phi) is 4.80. The molecule has 23 heavy (non-hydrogen) atoms. The third-order valence-electron chi connectivity index (χ3n) is 3.79. The van der Waals surface area contributed by atoms with E-state index in [4.69, 9.17) is 12.2 Å². The quantitative estimate of drug-likeness (QED) is 0.321. The summed E-state index contributed by atoms with van der Waals surface area (Å²) in [7, 11) is 0. The molecule has 0 fully saturated rings. The number of allylic oxidation sites excluding steroid dienone is 1. The van der Waals surface area contributed by atoms with Crippen LogP contribution < -0.4 is 0 Å². The number of rotatable bonds is 4. The molecule has 0 aliphatic carbocycles. The molecule has 112 valence electrons. The summed E-state index contributed by atoms with van der Waals surface area (Å²) in [5.74, 6) is 0. The molecule has 0 aliphatic heterocycles. The smallest absolute Gasteiger partial charge is 0.0206 e. The second-order valence-electron chi connectivity index (χ2n) is 5.40. The fraction of sp³-hybridized carbons (Fsp3) is 0.0455. The topological polar surface area (TPSA) is 0 Å². The maximum atomic E-state index is 5.62. The second kappa shape index (κ2) is 7.17. The van der Waals surface area contributed by atoms with Crippen molar-refractivity contribution in [3.8, 4) is 0 Å². The number of thiocarbonyl (C=S) groups is 1. The molecule has 0 heterocycles. The van der Waals surface area contributed by atoms with Gasteiger partial charge in [-0.25, -0.2) is 0 Å². The van der Waals surface area contributed by atoms with Crippen molar-refractivity contribution < 1.29 is 0 Å². The molecule has 0 atom stereocenters. The normalized spacial score (nSPS) is 10.1. The summed E-state index contributed by atoms with van der Waals surface area (Å²) in [6.45, 7) is 2.00. The molecule has 1 heteroatoms. The van der Waals surface area contributed by atoms with Crippen LogP contribution in [0.5, 0.6) is 0 Å². The first-order valence-electron chi connectivity index (χ1n) is 7.69. The van der Waals surface area contributed by atoms with Crippen LogP contribution in [0.1, 0.15) is 23.6 Å². The summed E-state index contributed by atoms with van der Waals surface area (Å²) >= 11 is 5.62. The van der Waals surface area contributed by atoms with Crippen LogP contribution in [0, 0.1) is 0 Å². The first-order valence-corrected chi connectivity index (χ1v) is 8.09. The molecule has 0 bridgehead atoms. The van der Waals surface area contributed by atoms with Gasteiger partial charge in [0.25, 0.3) is 0 Å². The molecular weight excluding hydrogens is 296 g/mol. The van der Waals surface area contributed by atoms with E-state index in [1.807, 2.05) is 25.1 Å². The lowest BCUT2D eigenvalue weighted by Gasteiger charge is -2.16. The molecule has 0 nitrogen and oxygen atoms in total. The summed E-state index contributed by atoms with van der Waals surface area (Å²) < 4.78 is 0. The predicted octanol–water partition coefficient (Wildman–Crippen LogP) is 6.04. The largest absolute Gasteiger partial charge is 0.0845 e. The summed E-state index contributed by atoms with van der Waals surface area (Å²) in [6, 6.07) is 31.3. The Balaban J connectivity index is 2.34. The van der Waals surface area contributed by atoms with Crippen molar-refractivity contribution in [3.05, 3.63) is 108 Å². The summed E-state index contributed by atoms with van der Waals surface area (Å²) in [4.78, 5) is 0.902. The van der Waals surface area contributed by atoms with Gasteiger partial charge in [-0.3, -0.25) is 0 Å². The van der Waals surface area contributed by atoms with Crippen LogP contribution >= 0.6 is 12.2 Å². The SMILES string of the molecule is CC(=S)C(=C(c1ccccc1)c1ccccc1)c1ccccc1. The van der Waals surface area contributed by atoms with Gasteiger partial charge in [-0.15, -0.1) is 0 Å². The van der Waals surface area contributed by atoms with Crippen LogP contribution in [-0.2, 0) is 0 Å². The zero-order chi connectivity index (χ0) is 16.1. The van der Waals surface area contributed by atoms with Crippen LogP contribution in [0.3, 0.4) is 0 Å². The van der Waals surface area contributed by atoms with Gasteiger partial charge >= 0.3 is 0 Å². The van der Waals surface area contributed by atoms with E-state index in [1.54, 1.807) is 0 Å². The lowest BCUT2D eigenvalue weighted by atomic mass is 9.88. The summed E-state index contributed by atoms with van der Waals surface area (Å²) in [5, 5.41) is 0. The third kappa shape index (κ3) is 3.46. The van der Waals surface area contributed by atoms with Gasteiger partial charge in [-0.2, -0.15) is 0 Å². The summed E-state index contributed by atoms with van der Waals surface area (Å²) in [5.41, 5.74) is 5.83. The fourth-order valence-corrected chi connectivity index (χ4v) is 3.01. The van der Waals surface area contributed by atoms with Crippen molar-refractivity contribution in [1.29, 1.82) is 0 Å². The molecule has 0 spiro atoms. The Labute approximate surface area is 143 Å². The van der Waals surface area contributed by atoms with E-state index < -0.39 is 0 Å². The van der Waals surface area contributed by atoms with Gasteiger partial charge in [0.1, 0.15) is 0 Å². The van der Waals surface area contributed by atoms with E-state index in [0.717, 1.165) is 16.0 Å². The Hall–Kier alpha value is -2.51. The third-order valence-corrected chi connectivity index (χ3v) is 3.99. The van der Waals surface area contributed by atoms with Crippen LogP contribution in [0.15, 0.2) is 91.0 Å². The van der Waals surface area contributed by atoms with Crippen molar-refractivity contribution in [1.82, 2.24) is 0 Å². The zero-order valence-electron chi connectivity index (χ0n) is 13.1. The van der Waals surface area contributed by atoms with Gasteiger partial charge in [-0.1, -0.05) is 103 Å². The Morgan fingerprint density at radius 2 is 0.913 bits per heavy atom. The minimum Gasteiger partial charge on any atom is -0.0845 e. The Bertz CT molecular complexity index is 774. The molecule has 0 saturated heterocycles. The first kappa shape index (κ1) is 15.4. The van der Waals surface area contributed by atoms with E-state index in [1.165, 1.54) is 16.7 Å². The monoisotopic (exact) mass is 314 g/mol. The first-order chi connectivity index (χ1) is 11.3. The molecule has 3 aromatic rings. The highest BCUT2D eigenvalue weighted by atomic mass is 32.1. The Morgan fingerprint density at radius 3 is 1.26 bits per heavy atom. The highest BCUT2D eigenvalue weighted by Gasteiger charge is 2.15. The van der Waals surface area contributed by atoms with Crippen LogP contribution in [-0.4, -0.2) is 4.86 Å². The van der Waals surface area contributed by atoms with Crippen molar-refractivity contribution in [2.24, 2.45) is 0 Å². The molecule has 0 aromatic heterocycles. The van der Waals surface area contributed by atoms with E-state index in [0.29, 0.717) is 0 Å². The summed E-state index contributed by atoms with van der Waals surface area (Å²) in [6.07, 6.45) is 0. The minimum atomic E-state index is 0.902.